The van der Waals surface area contributed by atoms with Crippen LogP contribution in [0.4, 0.5) is 10.1 Å². The molecule has 5 nitrogen and oxygen atoms in total. The Hall–Kier alpha value is -3.62. The number of halogens is 1. The van der Waals surface area contributed by atoms with Gasteiger partial charge < -0.3 is 4.57 Å². The van der Waals surface area contributed by atoms with E-state index in [2.05, 4.69) is 9.98 Å². The SMILES string of the molecule is CC(=Nn1c(-c2cccs2)csc1=Nc1ccccc1F)c1ccc(-n2ccnc2)cc1. The van der Waals surface area contributed by atoms with Gasteiger partial charge in [-0.15, -0.1) is 22.7 Å². The average molecular weight is 460 g/mol. The van der Waals surface area contributed by atoms with Crippen molar-refractivity contribution < 1.29 is 4.39 Å². The first-order chi connectivity index (χ1) is 15.7. The number of rotatable bonds is 5. The van der Waals surface area contributed by atoms with E-state index in [9.17, 15) is 4.39 Å². The van der Waals surface area contributed by atoms with Gasteiger partial charge in [0.25, 0.3) is 0 Å². The van der Waals surface area contributed by atoms with Crippen molar-refractivity contribution in [2.45, 2.75) is 6.92 Å². The van der Waals surface area contributed by atoms with Crippen LogP contribution >= 0.6 is 22.7 Å². The Kier molecular flexibility index (Phi) is 5.62. The highest BCUT2D eigenvalue weighted by molar-refractivity contribution is 7.14. The molecular weight excluding hydrogens is 441 g/mol. The maximum Gasteiger partial charge on any atom is 0.211 e. The van der Waals surface area contributed by atoms with E-state index >= 15 is 0 Å². The van der Waals surface area contributed by atoms with Gasteiger partial charge in [0.15, 0.2) is 0 Å². The molecule has 0 fully saturated rings. The smallest absolute Gasteiger partial charge is 0.211 e. The first kappa shape index (κ1) is 20.3. The Labute approximate surface area is 192 Å². The molecule has 5 rings (SSSR count). The van der Waals surface area contributed by atoms with Gasteiger partial charge in [-0.1, -0.05) is 30.3 Å². The summed E-state index contributed by atoms with van der Waals surface area (Å²) >= 11 is 3.06. The molecule has 0 saturated heterocycles. The fourth-order valence-electron chi connectivity index (χ4n) is 3.21. The van der Waals surface area contributed by atoms with E-state index in [1.807, 2.05) is 64.8 Å². The molecule has 5 aromatic rings. The van der Waals surface area contributed by atoms with E-state index in [0.717, 1.165) is 27.5 Å². The fraction of sp³-hybridized carbons (Fsp3) is 0.0417. The van der Waals surface area contributed by atoms with Crippen LogP contribution in [-0.2, 0) is 0 Å². The molecule has 0 saturated carbocycles. The number of hydrogen-bond acceptors (Lipinski definition) is 5. The second-order valence-electron chi connectivity index (χ2n) is 6.96. The van der Waals surface area contributed by atoms with Gasteiger partial charge in [0.2, 0.25) is 4.80 Å². The summed E-state index contributed by atoms with van der Waals surface area (Å²) in [7, 11) is 0. The summed E-state index contributed by atoms with van der Waals surface area (Å²) in [5.74, 6) is -0.360. The number of aromatic nitrogens is 3. The predicted octanol–water partition coefficient (Wildman–Crippen LogP) is 6.11. The number of thiazole rings is 1. The second kappa shape index (κ2) is 8.86. The van der Waals surface area contributed by atoms with Gasteiger partial charge in [0, 0.05) is 23.5 Å². The van der Waals surface area contributed by atoms with Crippen molar-refractivity contribution in [3.63, 3.8) is 0 Å². The zero-order valence-corrected chi connectivity index (χ0v) is 18.7. The molecule has 0 atom stereocenters. The average Bonchev–Trinajstić information content (AvgIpc) is 3.58. The lowest BCUT2D eigenvalue weighted by molar-refractivity contribution is 0.628. The molecular formula is C24H18FN5S2. The highest BCUT2D eigenvalue weighted by Gasteiger charge is 2.11. The van der Waals surface area contributed by atoms with Crippen molar-refractivity contribution >= 4 is 34.1 Å². The number of nitrogens with zero attached hydrogens (tertiary/aromatic N) is 5. The summed E-state index contributed by atoms with van der Waals surface area (Å²) in [5.41, 5.74) is 4.06. The molecule has 32 heavy (non-hydrogen) atoms. The number of thiophene rings is 1. The maximum atomic E-state index is 14.2. The van der Waals surface area contributed by atoms with E-state index in [0.29, 0.717) is 10.5 Å². The summed E-state index contributed by atoms with van der Waals surface area (Å²) in [5, 5.41) is 8.91. The third-order valence-corrected chi connectivity index (χ3v) is 6.57. The van der Waals surface area contributed by atoms with Crippen LogP contribution in [0.1, 0.15) is 12.5 Å². The van der Waals surface area contributed by atoms with Crippen molar-refractivity contribution in [1.29, 1.82) is 0 Å². The summed E-state index contributed by atoms with van der Waals surface area (Å²) in [6.07, 6.45) is 5.42. The van der Waals surface area contributed by atoms with E-state index in [-0.39, 0.29) is 5.82 Å². The molecule has 0 spiro atoms. The third-order valence-electron chi connectivity index (χ3n) is 4.87. The van der Waals surface area contributed by atoms with Gasteiger partial charge in [-0.05, 0) is 48.2 Å². The number of benzene rings is 2. The molecule has 8 heteroatoms. The van der Waals surface area contributed by atoms with Gasteiger partial charge >= 0.3 is 0 Å². The van der Waals surface area contributed by atoms with E-state index in [4.69, 9.17) is 5.10 Å². The van der Waals surface area contributed by atoms with Crippen LogP contribution in [0.3, 0.4) is 0 Å². The van der Waals surface area contributed by atoms with Crippen molar-refractivity contribution in [1.82, 2.24) is 14.2 Å². The molecule has 0 aliphatic carbocycles. The Morgan fingerprint density at radius 3 is 2.56 bits per heavy atom. The Bertz CT molecular complexity index is 1430. The van der Waals surface area contributed by atoms with E-state index in [1.165, 1.54) is 17.4 Å². The van der Waals surface area contributed by atoms with Crippen LogP contribution in [0.2, 0.25) is 0 Å². The molecule has 0 N–H and O–H groups in total. The van der Waals surface area contributed by atoms with Crippen LogP contribution < -0.4 is 4.80 Å². The van der Waals surface area contributed by atoms with Crippen LogP contribution in [0, 0.1) is 5.82 Å². The molecule has 3 heterocycles. The molecule has 0 aliphatic heterocycles. The summed E-state index contributed by atoms with van der Waals surface area (Å²) < 4.78 is 18.0. The van der Waals surface area contributed by atoms with Crippen LogP contribution in [0.25, 0.3) is 16.3 Å². The highest BCUT2D eigenvalue weighted by atomic mass is 32.1. The zero-order valence-electron chi connectivity index (χ0n) is 17.1. The normalized spacial score (nSPS) is 12.4. The number of para-hydroxylation sites is 1. The molecule has 2 aromatic carbocycles. The fourth-order valence-corrected chi connectivity index (χ4v) is 4.84. The molecule has 158 valence electrons. The lowest BCUT2D eigenvalue weighted by atomic mass is 10.1. The van der Waals surface area contributed by atoms with Crippen molar-refractivity contribution in [2.24, 2.45) is 10.1 Å². The largest absolute Gasteiger partial charge is 0.306 e. The molecule has 0 radical (unpaired) electrons. The minimum absolute atomic E-state index is 0.290. The molecule has 3 aromatic heterocycles. The standard InChI is InChI=1S/C24H18FN5S2/c1-17(18-8-10-19(11-9-18)29-13-12-26-16-29)28-30-22(23-7-4-14-31-23)15-32-24(30)27-21-6-3-2-5-20(21)25/h2-16H,1H3. The van der Waals surface area contributed by atoms with Crippen molar-refractivity contribution in [3.05, 3.63) is 106 Å². The first-order valence-corrected chi connectivity index (χ1v) is 11.6. The number of hydrogen-bond donors (Lipinski definition) is 0. The van der Waals surface area contributed by atoms with Gasteiger partial charge in [0.1, 0.15) is 11.5 Å². The van der Waals surface area contributed by atoms with Crippen LogP contribution in [-0.4, -0.2) is 19.9 Å². The summed E-state index contributed by atoms with van der Waals surface area (Å²) in [4.78, 5) is 10.3. The lowest BCUT2D eigenvalue weighted by Crippen LogP contribution is -2.13. The minimum Gasteiger partial charge on any atom is -0.306 e. The van der Waals surface area contributed by atoms with Crippen LogP contribution in [0.5, 0.6) is 0 Å². The summed E-state index contributed by atoms with van der Waals surface area (Å²) in [6.45, 7) is 1.96. The zero-order chi connectivity index (χ0) is 21.9. The molecule has 0 bridgehead atoms. The van der Waals surface area contributed by atoms with Crippen LogP contribution in [0.15, 0.2) is 100 Å². The monoisotopic (exact) mass is 459 g/mol. The van der Waals surface area contributed by atoms with Gasteiger partial charge in [0.05, 0.1) is 22.6 Å². The molecule has 0 aliphatic rings. The Morgan fingerprint density at radius 1 is 1.00 bits per heavy atom. The van der Waals surface area contributed by atoms with Gasteiger partial charge in [-0.3, -0.25) is 0 Å². The minimum atomic E-state index is -0.360. The maximum absolute atomic E-state index is 14.2. The van der Waals surface area contributed by atoms with E-state index < -0.39 is 0 Å². The van der Waals surface area contributed by atoms with Crippen molar-refractivity contribution in [2.75, 3.05) is 0 Å². The molecule has 0 amide bonds. The Morgan fingerprint density at radius 2 is 1.84 bits per heavy atom. The quantitative estimate of drug-likeness (QED) is 0.293. The van der Waals surface area contributed by atoms with Crippen molar-refractivity contribution in [3.8, 4) is 16.3 Å². The third kappa shape index (κ3) is 4.10. The first-order valence-electron chi connectivity index (χ1n) is 9.87. The Balaban J connectivity index is 1.59. The summed E-state index contributed by atoms with van der Waals surface area (Å²) in [6, 6.07) is 18.7. The molecule has 0 unspecified atom stereocenters. The second-order valence-corrected chi connectivity index (χ2v) is 8.74. The lowest BCUT2D eigenvalue weighted by Gasteiger charge is -2.07. The predicted molar refractivity (Wildman–Crippen MR) is 128 cm³/mol. The highest BCUT2D eigenvalue weighted by Crippen LogP contribution is 2.26. The van der Waals surface area contributed by atoms with E-state index in [1.54, 1.807) is 46.7 Å². The number of imidazole rings is 1. The van der Waals surface area contributed by atoms with Gasteiger partial charge in [-0.25, -0.2) is 19.0 Å². The van der Waals surface area contributed by atoms with Gasteiger partial charge in [-0.2, -0.15) is 5.10 Å². The topological polar surface area (TPSA) is 47.5 Å².